The van der Waals surface area contributed by atoms with Crippen LogP contribution in [0.5, 0.6) is 11.5 Å². The van der Waals surface area contributed by atoms with Gasteiger partial charge in [0.2, 0.25) is 11.8 Å². The number of nitrogens with one attached hydrogen (secondary N) is 2. The van der Waals surface area contributed by atoms with E-state index in [1.54, 1.807) is 13.0 Å². The highest BCUT2D eigenvalue weighted by Crippen LogP contribution is 2.52. The number of hydrogen-bond acceptors (Lipinski definition) is 11. The molecule has 15 heteroatoms. The molecule has 5 aliphatic rings. The molecule has 1 aromatic heterocycles. The zero-order chi connectivity index (χ0) is 41.3. The minimum absolute atomic E-state index is 0.0127. The van der Waals surface area contributed by atoms with Crippen molar-refractivity contribution in [1.82, 2.24) is 20.5 Å². The lowest BCUT2D eigenvalue weighted by Gasteiger charge is -2.30. The molecular weight excluding hydrogens is 768 g/mol. The Balaban J connectivity index is 1.18. The molecule has 1 aliphatic heterocycles. The molecular formula is C43H57ClN4O10. The van der Waals surface area contributed by atoms with Crippen LogP contribution in [0.3, 0.4) is 0 Å². The molecule has 7 rings (SSSR count). The Kier molecular flexibility index (Phi) is 12.7. The summed E-state index contributed by atoms with van der Waals surface area (Å²) < 4.78 is 34.2. The van der Waals surface area contributed by atoms with Gasteiger partial charge in [0, 0.05) is 43.7 Å². The lowest BCUT2D eigenvalue weighted by molar-refractivity contribution is -0.148. The van der Waals surface area contributed by atoms with E-state index in [-0.39, 0.29) is 37.5 Å². The standard InChI is InChI=1S/C43H57ClN4O10/c1-7-27-20-43(27,41(51)55-6)47-39(49)32-18-29(21-48(32)40(50)37(23(2)3)46-42(52)58-28-16-25-15-26(25)17-28)57-34-19-31(24-11-9-8-10-12-24)45-38-30(34)13-14-33(36(38)44)56-22-35(53-4)54-5/h13-14,19,24-29,32,35,37H,2,7-12,15-18,20-22H2,1,3-6H3,(H,46,52)(H,47,49)/t25-,26+,27-,28?,29-,32+,37+,43-/m1/s1. The number of hydrogen-bond donors (Lipinski definition) is 2. The number of alkyl carbamates (subject to hydrolysis) is 1. The van der Waals surface area contributed by atoms with Crippen molar-refractivity contribution < 1.29 is 47.6 Å². The number of ether oxygens (including phenoxy) is 6. The van der Waals surface area contributed by atoms with Gasteiger partial charge in [-0.2, -0.15) is 0 Å². The molecule has 0 bridgehead atoms. The van der Waals surface area contributed by atoms with Crippen LogP contribution >= 0.6 is 11.6 Å². The molecule has 5 fully saturated rings. The van der Waals surface area contributed by atoms with Crippen LogP contribution in [0.1, 0.15) is 96.1 Å². The number of aromatic nitrogens is 1. The highest BCUT2D eigenvalue weighted by atomic mass is 35.5. The first-order valence-electron chi connectivity index (χ1n) is 20.7. The van der Waals surface area contributed by atoms with Crippen molar-refractivity contribution in [3.8, 4) is 11.5 Å². The second-order valence-electron chi connectivity index (χ2n) is 16.8. The van der Waals surface area contributed by atoms with E-state index in [9.17, 15) is 19.2 Å². The number of pyridine rings is 1. The number of rotatable bonds is 16. The van der Waals surface area contributed by atoms with E-state index in [0.29, 0.717) is 57.7 Å². The van der Waals surface area contributed by atoms with Crippen molar-refractivity contribution in [2.75, 3.05) is 34.5 Å². The quantitative estimate of drug-likeness (QED) is 0.112. The Morgan fingerprint density at radius 3 is 2.36 bits per heavy atom. The van der Waals surface area contributed by atoms with E-state index in [2.05, 4.69) is 17.2 Å². The fourth-order valence-electron chi connectivity index (χ4n) is 9.37. The van der Waals surface area contributed by atoms with E-state index in [1.807, 2.05) is 19.1 Å². The molecule has 316 valence electrons. The van der Waals surface area contributed by atoms with Crippen LogP contribution in [0.25, 0.3) is 10.9 Å². The van der Waals surface area contributed by atoms with Crippen molar-refractivity contribution >= 4 is 46.4 Å². The Bertz CT molecular complexity index is 1890. The third kappa shape index (κ3) is 8.74. The molecule has 4 saturated carbocycles. The summed E-state index contributed by atoms with van der Waals surface area (Å²) in [4.78, 5) is 61.5. The molecule has 2 N–H and O–H groups in total. The van der Waals surface area contributed by atoms with Gasteiger partial charge in [0.05, 0.1) is 19.2 Å². The number of methoxy groups -OCH3 is 3. The van der Waals surface area contributed by atoms with Gasteiger partial charge >= 0.3 is 12.1 Å². The smallest absolute Gasteiger partial charge is 0.408 e. The van der Waals surface area contributed by atoms with Gasteiger partial charge in [0.15, 0.2) is 6.29 Å². The monoisotopic (exact) mass is 824 g/mol. The predicted octanol–water partition coefficient (Wildman–Crippen LogP) is 6.21. The highest BCUT2D eigenvalue weighted by Gasteiger charge is 2.62. The molecule has 1 unspecified atom stereocenters. The highest BCUT2D eigenvalue weighted by molar-refractivity contribution is 6.36. The average Bonchev–Trinajstić information content (AvgIpc) is 4.03. The van der Waals surface area contributed by atoms with Gasteiger partial charge in [0.1, 0.15) is 53.0 Å². The summed E-state index contributed by atoms with van der Waals surface area (Å²) in [7, 11) is 4.35. The summed E-state index contributed by atoms with van der Waals surface area (Å²) >= 11 is 7.02. The van der Waals surface area contributed by atoms with Gasteiger partial charge in [-0.3, -0.25) is 14.6 Å². The second-order valence-corrected chi connectivity index (χ2v) is 17.2. The normalized spacial score (nSPS) is 28.1. The number of amides is 3. The van der Waals surface area contributed by atoms with Gasteiger partial charge in [-0.25, -0.2) is 9.59 Å². The number of halogens is 1. The van der Waals surface area contributed by atoms with Crippen LogP contribution in [0.15, 0.2) is 30.4 Å². The van der Waals surface area contributed by atoms with Gasteiger partial charge in [-0.1, -0.05) is 50.8 Å². The first-order valence-corrected chi connectivity index (χ1v) is 21.1. The van der Waals surface area contributed by atoms with Crippen LogP contribution < -0.4 is 20.1 Å². The number of likely N-dealkylation sites (tertiary alicyclic amines) is 1. The Morgan fingerprint density at radius 2 is 1.72 bits per heavy atom. The maximum atomic E-state index is 14.5. The fraction of sp³-hybridized carbons (Fsp3) is 0.651. The zero-order valence-electron chi connectivity index (χ0n) is 34.2. The van der Waals surface area contributed by atoms with Crippen molar-refractivity contribution in [2.24, 2.45) is 17.8 Å². The van der Waals surface area contributed by atoms with Gasteiger partial charge in [0.25, 0.3) is 0 Å². The van der Waals surface area contributed by atoms with Crippen LogP contribution in [-0.2, 0) is 33.3 Å². The average molecular weight is 825 g/mol. The minimum Gasteiger partial charge on any atom is -0.488 e. The number of fused-ring (bicyclic) bond motifs is 2. The lowest BCUT2D eigenvalue weighted by atomic mass is 9.86. The second kappa shape index (κ2) is 17.6. The first-order chi connectivity index (χ1) is 27.9. The largest absolute Gasteiger partial charge is 0.488 e. The first kappa shape index (κ1) is 42.0. The Labute approximate surface area is 345 Å². The molecule has 58 heavy (non-hydrogen) atoms. The third-order valence-electron chi connectivity index (χ3n) is 12.9. The van der Waals surface area contributed by atoms with Gasteiger partial charge in [-0.15, -0.1) is 0 Å². The summed E-state index contributed by atoms with van der Waals surface area (Å²) in [6.07, 6.45) is 7.17. The Morgan fingerprint density at radius 1 is 1.00 bits per heavy atom. The summed E-state index contributed by atoms with van der Waals surface area (Å²) in [5.41, 5.74) is 0.557. The van der Waals surface area contributed by atoms with E-state index >= 15 is 0 Å². The SMILES string of the molecule is C=C(C)[C@H](NC(=O)OC1C[C@@H]2C[C@@H]2C1)C(=O)N1C[C@H](Oc2cc(C3CCCCC3)nc3c(Cl)c(OCC(OC)OC)ccc23)C[C@H]1C(=O)N[C@]1(C(=O)OC)C[C@H]1CC. The van der Waals surface area contributed by atoms with Crippen LogP contribution in [-0.4, -0.2) is 104 Å². The molecule has 0 spiro atoms. The molecule has 2 heterocycles. The van der Waals surface area contributed by atoms with E-state index in [1.165, 1.54) is 32.7 Å². The number of esters is 1. The van der Waals surface area contributed by atoms with Crippen molar-refractivity contribution in [2.45, 2.75) is 127 Å². The summed E-state index contributed by atoms with van der Waals surface area (Å²) in [5.74, 6) is 0.674. The molecule has 0 radical (unpaired) electrons. The Hall–Kier alpha value is -4.14. The summed E-state index contributed by atoms with van der Waals surface area (Å²) in [6.45, 7) is 7.73. The number of carbonyl (C=O) groups excluding carboxylic acids is 4. The maximum Gasteiger partial charge on any atom is 0.408 e. The predicted molar refractivity (Wildman–Crippen MR) is 215 cm³/mol. The van der Waals surface area contributed by atoms with E-state index in [4.69, 9.17) is 45.0 Å². The van der Waals surface area contributed by atoms with Gasteiger partial charge in [-0.05, 0) is 80.9 Å². The number of benzene rings is 1. The van der Waals surface area contributed by atoms with E-state index < -0.39 is 53.9 Å². The van der Waals surface area contributed by atoms with Crippen molar-refractivity contribution in [1.29, 1.82) is 0 Å². The lowest BCUT2D eigenvalue weighted by Crippen LogP contribution is -2.56. The van der Waals surface area contributed by atoms with Crippen LogP contribution in [0, 0.1) is 17.8 Å². The zero-order valence-corrected chi connectivity index (χ0v) is 34.9. The van der Waals surface area contributed by atoms with Crippen LogP contribution in [0.2, 0.25) is 5.02 Å². The molecule has 1 saturated heterocycles. The van der Waals surface area contributed by atoms with Crippen molar-refractivity contribution in [3.63, 3.8) is 0 Å². The number of carbonyl (C=O) groups is 4. The molecule has 1 aromatic carbocycles. The molecule has 3 amide bonds. The van der Waals surface area contributed by atoms with Crippen molar-refractivity contribution in [3.05, 3.63) is 41.1 Å². The fourth-order valence-corrected chi connectivity index (χ4v) is 9.63. The molecule has 2 aromatic rings. The van der Waals surface area contributed by atoms with Crippen LogP contribution in [0.4, 0.5) is 4.79 Å². The van der Waals surface area contributed by atoms with Gasteiger partial charge < -0.3 is 44.0 Å². The minimum atomic E-state index is -1.18. The summed E-state index contributed by atoms with van der Waals surface area (Å²) in [6, 6.07) is 3.32. The molecule has 8 atom stereocenters. The topological polar surface area (TPSA) is 164 Å². The third-order valence-corrected chi connectivity index (χ3v) is 13.3. The molecule has 4 aliphatic carbocycles. The molecule has 14 nitrogen and oxygen atoms in total. The number of nitrogens with zero attached hydrogens (tertiary/aromatic N) is 2. The van der Waals surface area contributed by atoms with E-state index in [0.717, 1.165) is 50.6 Å². The maximum absolute atomic E-state index is 14.5. The summed E-state index contributed by atoms with van der Waals surface area (Å²) in [5, 5.41) is 6.65.